The summed E-state index contributed by atoms with van der Waals surface area (Å²) in [5.41, 5.74) is 7.62. The van der Waals surface area contributed by atoms with Crippen molar-refractivity contribution in [1.82, 2.24) is 4.90 Å². The maximum absolute atomic E-state index is 14.0. The summed E-state index contributed by atoms with van der Waals surface area (Å²) < 4.78 is 19.2. The molecule has 0 spiro atoms. The van der Waals surface area contributed by atoms with E-state index in [1.54, 1.807) is 7.11 Å². The molecule has 1 aromatic carbocycles. The Morgan fingerprint density at radius 3 is 2.83 bits per heavy atom. The normalized spacial score (nSPS) is 20.8. The molecule has 2 rings (SSSR count). The van der Waals surface area contributed by atoms with Crippen molar-refractivity contribution in [3.8, 4) is 5.75 Å². The van der Waals surface area contributed by atoms with Crippen LogP contribution in [-0.4, -0.2) is 24.6 Å². The molecule has 2 N–H and O–H groups in total. The molecule has 2 unspecified atom stereocenters. The van der Waals surface area contributed by atoms with Crippen molar-refractivity contribution in [3.05, 3.63) is 29.1 Å². The van der Waals surface area contributed by atoms with Gasteiger partial charge in [0.15, 0.2) is 0 Å². The van der Waals surface area contributed by atoms with E-state index >= 15 is 0 Å². The highest BCUT2D eigenvalue weighted by Crippen LogP contribution is 2.38. The van der Waals surface area contributed by atoms with Crippen molar-refractivity contribution in [2.75, 3.05) is 13.7 Å². The Morgan fingerprint density at radius 1 is 1.56 bits per heavy atom. The fraction of sp³-hybridized carbons (Fsp3) is 0.571. The van der Waals surface area contributed by atoms with E-state index in [1.165, 1.54) is 6.07 Å². The molecule has 0 radical (unpaired) electrons. The molecule has 2 atom stereocenters. The molecule has 4 heteroatoms. The highest BCUT2D eigenvalue weighted by Gasteiger charge is 2.34. The summed E-state index contributed by atoms with van der Waals surface area (Å²) in [6, 6.07) is 3.86. The zero-order valence-corrected chi connectivity index (χ0v) is 11.2. The van der Waals surface area contributed by atoms with Gasteiger partial charge in [0.05, 0.1) is 7.11 Å². The van der Waals surface area contributed by atoms with Crippen molar-refractivity contribution in [2.24, 2.45) is 5.73 Å². The van der Waals surface area contributed by atoms with Gasteiger partial charge in [-0.3, -0.25) is 4.90 Å². The first-order valence-corrected chi connectivity index (χ1v) is 6.44. The zero-order valence-electron chi connectivity index (χ0n) is 11.2. The lowest BCUT2D eigenvalue weighted by atomic mass is 10.0. The summed E-state index contributed by atoms with van der Waals surface area (Å²) in [5, 5.41) is 0. The second kappa shape index (κ2) is 5.24. The van der Waals surface area contributed by atoms with Crippen LogP contribution in [0.5, 0.6) is 5.75 Å². The van der Waals surface area contributed by atoms with Crippen LogP contribution in [0.15, 0.2) is 12.1 Å². The number of hydrogen-bond acceptors (Lipinski definition) is 3. The van der Waals surface area contributed by atoms with Crippen molar-refractivity contribution in [3.63, 3.8) is 0 Å². The summed E-state index contributed by atoms with van der Waals surface area (Å²) in [4.78, 5) is 2.27. The van der Waals surface area contributed by atoms with Crippen LogP contribution in [0.2, 0.25) is 0 Å². The zero-order chi connectivity index (χ0) is 13.3. The van der Waals surface area contributed by atoms with E-state index in [-0.39, 0.29) is 11.9 Å². The van der Waals surface area contributed by atoms with Gasteiger partial charge in [0.1, 0.15) is 11.6 Å². The average Bonchev–Trinajstić information content (AvgIpc) is 2.76. The Morgan fingerprint density at radius 2 is 2.28 bits per heavy atom. The van der Waals surface area contributed by atoms with Crippen LogP contribution >= 0.6 is 0 Å². The Kier molecular flexibility index (Phi) is 3.88. The SMILES string of the molecule is CCC(C)N1Cc2c(F)cc(OC)cc2C1CN. The third-order valence-corrected chi connectivity index (χ3v) is 3.92. The molecular formula is C14H21FN2O. The van der Waals surface area contributed by atoms with Gasteiger partial charge in [-0.15, -0.1) is 0 Å². The number of ether oxygens (including phenoxy) is 1. The molecule has 100 valence electrons. The monoisotopic (exact) mass is 252 g/mol. The van der Waals surface area contributed by atoms with Crippen LogP contribution in [-0.2, 0) is 6.54 Å². The predicted octanol–water partition coefficient (Wildman–Crippen LogP) is 2.45. The molecule has 0 fully saturated rings. The number of hydrogen-bond donors (Lipinski definition) is 1. The van der Waals surface area contributed by atoms with E-state index in [2.05, 4.69) is 18.7 Å². The lowest BCUT2D eigenvalue weighted by molar-refractivity contribution is 0.156. The second-order valence-electron chi connectivity index (χ2n) is 4.86. The summed E-state index contributed by atoms with van der Waals surface area (Å²) >= 11 is 0. The molecule has 0 bridgehead atoms. The molecule has 1 aliphatic rings. The van der Waals surface area contributed by atoms with Gasteiger partial charge in [0.25, 0.3) is 0 Å². The highest BCUT2D eigenvalue weighted by atomic mass is 19.1. The van der Waals surface area contributed by atoms with Gasteiger partial charge in [-0.2, -0.15) is 0 Å². The predicted molar refractivity (Wildman–Crippen MR) is 70.0 cm³/mol. The quantitative estimate of drug-likeness (QED) is 0.894. The van der Waals surface area contributed by atoms with E-state index in [9.17, 15) is 4.39 Å². The third-order valence-electron chi connectivity index (χ3n) is 3.92. The van der Waals surface area contributed by atoms with E-state index in [1.807, 2.05) is 6.07 Å². The smallest absolute Gasteiger partial charge is 0.131 e. The Labute approximate surface area is 108 Å². The molecule has 1 heterocycles. The fourth-order valence-corrected chi connectivity index (χ4v) is 2.65. The van der Waals surface area contributed by atoms with Gasteiger partial charge < -0.3 is 10.5 Å². The Bertz CT molecular complexity index is 436. The lowest BCUT2D eigenvalue weighted by Crippen LogP contribution is -2.34. The van der Waals surface area contributed by atoms with Crippen LogP contribution in [0, 0.1) is 5.82 Å². The van der Waals surface area contributed by atoms with Crippen molar-refractivity contribution in [1.29, 1.82) is 0 Å². The minimum absolute atomic E-state index is 0.0968. The molecule has 0 amide bonds. The van der Waals surface area contributed by atoms with Gasteiger partial charge in [-0.1, -0.05) is 6.92 Å². The van der Waals surface area contributed by atoms with Gasteiger partial charge in [-0.25, -0.2) is 4.39 Å². The lowest BCUT2D eigenvalue weighted by Gasteiger charge is -2.29. The van der Waals surface area contributed by atoms with E-state index in [0.717, 1.165) is 17.5 Å². The number of nitrogens with two attached hydrogens (primary N) is 1. The van der Waals surface area contributed by atoms with Gasteiger partial charge >= 0.3 is 0 Å². The third kappa shape index (κ3) is 2.10. The summed E-state index contributed by atoms with van der Waals surface area (Å²) in [6.07, 6.45) is 1.03. The minimum atomic E-state index is -0.186. The first kappa shape index (κ1) is 13.3. The first-order valence-electron chi connectivity index (χ1n) is 6.44. The second-order valence-corrected chi connectivity index (χ2v) is 4.86. The number of fused-ring (bicyclic) bond motifs is 1. The van der Waals surface area contributed by atoms with E-state index < -0.39 is 0 Å². The van der Waals surface area contributed by atoms with Crippen molar-refractivity contribution < 1.29 is 9.13 Å². The van der Waals surface area contributed by atoms with Crippen LogP contribution < -0.4 is 10.5 Å². The fourth-order valence-electron chi connectivity index (χ4n) is 2.65. The summed E-state index contributed by atoms with van der Waals surface area (Å²) in [7, 11) is 1.56. The van der Waals surface area contributed by atoms with Crippen molar-refractivity contribution in [2.45, 2.75) is 38.9 Å². The molecule has 0 saturated heterocycles. The largest absolute Gasteiger partial charge is 0.497 e. The van der Waals surface area contributed by atoms with Gasteiger partial charge in [-0.05, 0) is 25.0 Å². The number of methoxy groups -OCH3 is 1. The highest BCUT2D eigenvalue weighted by molar-refractivity contribution is 5.42. The maximum Gasteiger partial charge on any atom is 0.131 e. The molecular weight excluding hydrogens is 231 g/mol. The summed E-state index contributed by atoms with van der Waals surface area (Å²) in [6.45, 7) is 5.44. The molecule has 18 heavy (non-hydrogen) atoms. The molecule has 0 aromatic heterocycles. The summed E-state index contributed by atoms with van der Waals surface area (Å²) in [5.74, 6) is 0.379. The van der Waals surface area contributed by atoms with Crippen molar-refractivity contribution >= 4 is 0 Å². The molecule has 3 nitrogen and oxygen atoms in total. The standard InChI is InChI=1S/C14H21FN2O/c1-4-9(2)17-8-12-11(14(17)7-16)5-10(18-3)6-13(12)15/h5-6,9,14H,4,7-8,16H2,1-3H3. The van der Waals surface area contributed by atoms with Crippen LogP contribution in [0.1, 0.15) is 37.4 Å². The first-order chi connectivity index (χ1) is 8.62. The molecule has 1 aromatic rings. The molecule has 0 saturated carbocycles. The maximum atomic E-state index is 14.0. The van der Waals surface area contributed by atoms with E-state index in [4.69, 9.17) is 10.5 Å². The van der Waals surface area contributed by atoms with Gasteiger partial charge in [0, 0.05) is 36.8 Å². The Hall–Kier alpha value is -1.13. The van der Waals surface area contributed by atoms with Crippen LogP contribution in [0.3, 0.4) is 0 Å². The minimum Gasteiger partial charge on any atom is -0.497 e. The van der Waals surface area contributed by atoms with E-state index in [0.29, 0.717) is 24.9 Å². The Balaban J connectivity index is 2.41. The number of rotatable bonds is 4. The average molecular weight is 252 g/mol. The van der Waals surface area contributed by atoms with Gasteiger partial charge in [0.2, 0.25) is 0 Å². The molecule has 0 aliphatic carbocycles. The topological polar surface area (TPSA) is 38.5 Å². The van der Waals surface area contributed by atoms with Crippen LogP contribution in [0.25, 0.3) is 0 Å². The number of halogens is 1. The number of nitrogens with zero attached hydrogens (tertiary/aromatic N) is 1. The van der Waals surface area contributed by atoms with Crippen LogP contribution in [0.4, 0.5) is 4.39 Å². The molecule has 1 aliphatic heterocycles. The number of benzene rings is 1.